The van der Waals surface area contributed by atoms with Crippen LogP contribution in [-0.4, -0.2) is 76.0 Å². The number of pyridine rings is 3. The molecule has 3 aromatic rings. The van der Waals surface area contributed by atoms with Crippen molar-refractivity contribution in [2.24, 2.45) is 17.8 Å². The van der Waals surface area contributed by atoms with E-state index in [0.29, 0.717) is 71.3 Å². The number of carbonyl (C=O) groups is 1. The Balaban J connectivity index is 1.13. The number of likely N-dealkylation sites (tertiary alicyclic amines) is 1. The minimum absolute atomic E-state index is 0.0162. The molecule has 3 unspecified atom stereocenters. The molecule has 40 heavy (non-hydrogen) atoms. The predicted octanol–water partition coefficient (Wildman–Crippen LogP) is 3.26. The molecule has 0 radical (unpaired) electrons. The quantitative estimate of drug-likeness (QED) is 0.378. The van der Waals surface area contributed by atoms with Crippen molar-refractivity contribution in [1.29, 1.82) is 0 Å². The molecule has 212 valence electrons. The maximum atomic E-state index is 14.9. The van der Waals surface area contributed by atoms with Crippen molar-refractivity contribution in [3.05, 3.63) is 47.5 Å². The summed E-state index contributed by atoms with van der Waals surface area (Å²) in [6.45, 7) is 3.97. The third-order valence-corrected chi connectivity index (χ3v) is 9.52. The molecule has 1 aliphatic carbocycles. The van der Waals surface area contributed by atoms with E-state index in [4.69, 9.17) is 4.74 Å². The van der Waals surface area contributed by atoms with E-state index in [1.165, 1.54) is 18.0 Å². The molecule has 2 fully saturated rings. The van der Waals surface area contributed by atoms with Gasteiger partial charge in [0.05, 0.1) is 46.8 Å². The number of halogens is 1. The van der Waals surface area contributed by atoms with Crippen LogP contribution in [0.1, 0.15) is 30.5 Å². The van der Waals surface area contributed by atoms with Gasteiger partial charge in [-0.15, -0.1) is 11.8 Å². The highest BCUT2D eigenvalue weighted by Gasteiger charge is 2.40. The fourth-order valence-corrected chi connectivity index (χ4v) is 7.31. The number of anilines is 1. The van der Waals surface area contributed by atoms with Crippen molar-refractivity contribution in [2.45, 2.75) is 43.2 Å². The maximum Gasteiger partial charge on any atom is 0.235 e. The first-order chi connectivity index (χ1) is 19.5. The highest BCUT2D eigenvalue weighted by Crippen LogP contribution is 2.39. The van der Waals surface area contributed by atoms with Gasteiger partial charge in [0, 0.05) is 37.8 Å². The van der Waals surface area contributed by atoms with E-state index < -0.39 is 0 Å². The molecule has 3 aliphatic rings. The Bertz CT molecular complexity index is 1390. The van der Waals surface area contributed by atoms with Crippen molar-refractivity contribution in [3.8, 4) is 5.88 Å². The van der Waals surface area contributed by atoms with Gasteiger partial charge < -0.3 is 25.4 Å². The van der Waals surface area contributed by atoms with Gasteiger partial charge in [-0.25, -0.2) is 14.4 Å². The number of hydrogen-bond acceptors (Lipinski definition) is 9. The Labute approximate surface area is 237 Å². The van der Waals surface area contributed by atoms with Gasteiger partial charge in [0.1, 0.15) is 11.6 Å². The number of fused-ring (bicyclic) bond motifs is 3. The fourth-order valence-electron chi connectivity index (χ4n) is 6.55. The van der Waals surface area contributed by atoms with E-state index in [1.54, 1.807) is 13.2 Å². The highest BCUT2D eigenvalue weighted by molar-refractivity contribution is 8.00. The van der Waals surface area contributed by atoms with Crippen molar-refractivity contribution in [3.63, 3.8) is 0 Å². The summed E-state index contributed by atoms with van der Waals surface area (Å²) in [6.07, 6.45) is 4.24. The van der Waals surface area contributed by atoms with Crippen LogP contribution >= 0.6 is 11.8 Å². The lowest BCUT2D eigenvalue weighted by atomic mass is 9.68. The van der Waals surface area contributed by atoms with Gasteiger partial charge in [-0.05, 0) is 68.2 Å². The largest absolute Gasteiger partial charge is 0.481 e. The van der Waals surface area contributed by atoms with Crippen LogP contribution < -0.4 is 15.4 Å². The van der Waals surface area contributed by atoms with Crippen molar-refractivity contribution >= 4 is 34.5 Å². The minimum Gasteiger partial charge on any atom is -0.481 e. The fraction of sp³-hybridized carbons (Fsp3) is 0.517. The number of rotatable bonds is 8. The summed E-state index contributed by atoms with van der Waals surface area (Å²) >= 11 is 1.51. The molecule has 2 aliphatic heterocycles. The van der Waals surface area contributed by atoms with Gasteiger partial charge in [0.15, 0.2) is 0 Å². The first-order valence-electron chi connectivity index (χ1n) is 14.0. The number of ether oxygens (including phenoxy) is 1. The van der Waals surface area contributed by atoms with Crippen LogP contribution in [-0.2, 0) is 17.8 Å². The van der Waals surface area contributed by atoms with Crippen LogP contribution in [0.25, 0.3) is 11.0 Å². The number of piperidine rings is 1. The number of aliphatic hydroxyl groups excluding tert-OH is 1. The Morgan fingerprint density at radius 1 is 1.23 bits per heavy atom. The van der Waals surface area contributed by atoms with Crippen molar-refractivity contribution < 1.29 is 19.0 Å². The molecule has 6 rings (SSSR count). The zero-order valence-electron chi connectivity index (χ0n) is 22.6. The lowest BCUT2D eigenvalue weighted by Crippen LogP contribution is -2.52. The van der Waals surface area contributed by atoms with Crippen LogP contribution in [0, 0.1) is 23.6 Å². The molecule has 5 heterocycles. The van der Waals surface area contributed by atoms with Crippen LogP contribution in [0.5, 0.6) is 5.88 Å². The van der Waals surface area contributed by atoms with Gasteiger partial charge in [-0.2, -0.15) is 0 Å². The Morgan fingerprint density at radius 2 is 2.12 bits per heavy atom. The minimum atomic E-state index is -0.346. The SMILES string of the molecule is COc1ccc2ncc(F)c(CCN3CC4CC(O)CCC4[C@H](CNCc4ccc5c(n4)NC(=O)CS5)C3)c2n1. The molecule has 0 aromatic carbocycles. The van der Waals surface area contributed by atoms with E-state index in [-0.39, 0.29) is 17.8 Å². The molecule has 11 heteroatoms. The number of aliphatic hydroxyl groups is 1. The topological polar surface area (TPSA) is 113 Å². The standard InChI is InChI=1S/C29H35FN6O3S/c1-39-27-7-5-24-28(35-27)22(23(30)13-32-24)8-9-36-14-17-10-20(37)3-4-21(17)18(15-36)11-31-12-19-2-6-25-29(33-19)34-26(38)16-40-25/h2,5-7,13,17-18,20-21,31,37H,3-4,8-12,14-16H2,1H3,(H,33,34,38)/t17?,18-,20?,21?/m1/s1. The van der Waals surface area contributed by atoms with Gasteiger partial charge >= 0.3 is 0 Å². The van der Waals surface area contributed by atoms with Crippen LogP contribution in [0.3, 0.4) is 0 Å². The summed E-state index contributed by atoms with van der Waals surface area (Å²) in [5.41, 5.74) is 2.66. The van der Waals surface area contributed by atoms with E-state index in [1.807, 2.05) is 18.2 Å². The molecule has 3 N–H and O–H groups in total. The maximum absolute atomic E-state index is 14.9. The summed E-state index contributed by atoms with van der Waals surface area (Å²) < 4.78 is 20.2. The average molecular weight is 567 g/mol. The number of methoxy groups -OCH3 is 1. The molecule has 1 saturated carbocycles. The number of hydrogen-bond donors (Lipinski definition) is 3. The normalized spacial score (nSPS) is 24.8. The number of nitrogens with one attached hydrogen (secondary N) is 2. The number of carbonyl (C=O) groups excluding carboxylic acids is 1. The lowest BCUT2D eigenvalue weighted by molar-refractivity contribution is -0.113. The highest BCUT2D eigenvalue weighted by atomic mass is 32.2. The summed E-state index contributed by atoms with van der Waals surface area (Å²) in [6, 6.07) is 7.59. The van der Waals surface area contributed by atoms with E-state index in [0.717, 1.165) is 49.5 Å². The third-order valence-electron chi connectivity index (χ3n) is 8.48. The molecular weight excluding hydrogens is 531 g/mol. The second-order valence-electron chi connectivity index (χ2n) is 11.1. The van der Waals surface area contributed by atoms with Crippen LogP contribution in [0.2, 0.25) is 0 Å². The summed E-state index contributed by atoms with van der Waals surface area (Å²) in [5, 5.41) is 16.9. The molecule has 1 amide bonds. The van der Waals surface area contributed by atoms with E-state index >= 15 is 0 Å². The van der Waals surface area contributed by atoms with Crippen molar-refractivity contribution in [1.82, 2.24) is 25.2 Å². The van der Waals surface area contributed by atoms with Gasteiger partial charge in [-0.3, -0.25) is 9.78 Å². The number of amides is 1. The van der Waals surface area contributed by atoms with Gasteiger partial charge in [0.25, 0.3) is 0 Å². The second-order valence-corrected chi connectivity index (χ2v) is 12.1. The van der Waals surface area contributed by atoms with Gasteiger partial charge in [-0.1, -0.05) is 0 Å². The summed E-state index contributed by atoms with van der Waals surface area (Å²) in [4.78, 5) is 28.5. The number of nitrogens with zero attached hydrogens (tertiary/aromatic N) is 4. The average Bonchev–Trinajstić information content (AvgIpc) is 2.95. The monoisotopic (exact) mass is 566 g/mol. The van der Waals surface area contributed by atoms with E-state index in [2.05, 4.69) is 30.5 Å². The first kappa shape index (κ1) is 27.3. The van der Waals surface area contributed by atoms with E-state index in [9.17, 15) is 14.3 Å². The zero-order valence-corrected chi connectivity index (χ0v) is 23.4. The number of aromatic nitrogens is 3. The smallest absolute Gasteiger partial charge is 0.235 e. The third kappa shape index (κ3) is 5.93. The molecule has 1 saturated heterocycles. The Kier molecular flexibility index (Phi) is 8.15. The molecule has 9 nitrogen and oxygen atoms in total. The summed E-state index contributed by atoms with van der Waals surface area (Å²) in [5.74, 6) is 2.53. The van der Waals surface area contributed by atoms with Crippen LogP contribution in [0.15, 0.2) is 35.4 Å². The van der Waals surface area contributed by atoms with Crippen LogP contribution in [0.4, 0.5) is 10.2 Å². The summed E-state index contributed by atoms with van der Waals surface area (Å²) in [7, 11) is 1.55. The Morgan fingerprint density at radius 3 is 3.00 bits per heavy atom. The lowest BCUT2D eigenvalue weighted by Gasteiger charge is -2.47. The molecule has 0 spiro atoms. The second kappa shape index (κ2) is 11.9. The molecule has 3 aromatic heterocycles. The predicted molar refractivity (Wildman–Crippen MR) is 152 cm³/mol. The van der Waals surface area contributed by atoms with Crippen molar-refractivity contribution in [2.75, 3.05) is 44.4 Å². The first-order valence-corrected chi connectivity index (χ1v) is 15.0. The molecule has 4 atom stereocenters. The van der Waals surface area contributed by atoms with Gasteiger partial charge in [0.2, 0.25) is 11.8 Å². The molecular formula is C29H35FN6O3S. The molecule has 0 bridgehead atoms. The zero-order chi connectivity index (χ0) is 27.6. The Hall–Kier alpha value is -2.86. The number of thioether (sulfide) groups is 1.